The molecule has 8 heteroatoms. The summed E-state index contributed by atoms with van der Waals surface area (Å²) in [5.41, 5.74) is 7.80. The van der Waals surface area contributed by atoms with E-state index in [1.54, 1.807) is 6.92 Å². The summed E-state index contributed by atoms with van der Waals surface area (Å²) in [6.45, 7) is 5.89. The summed E-state index contributed by atoms with van der Waals surface area (Å²) in [4.78, 5) is 38.0. The molecule has 0 saturated heterocycles. The van der Waals surface area contributed by atoms with Crippen molar-refractivity contribution < 1.29 is 14.4 Å². The van der Waals surface area contributed by atoms with Gasteiger partial charge in [0.05, 0.1) is 6.04 Å². The highest BCUT2D eigenvalue weighted by Crippen LogP contribution is 2.08. The largest absolute Gasteiger partial charge is 0.350 e. The lowest BCUT2D eigenvalue weighted by atomic mass is 10.0. The van der Waals surface area contributed by atoms with E-state index in [2.05, 4.69) is 38.5 Å². The molecule has 3 atom stereocenters. The van der Waals surface area contributed by atoms with Crippen LogP contribution in [-0.2, 0) is 27.3 Å². The summed E-state index contributed by atoms with van der Waals surface area (Å²) in [7, 11) is 0. The smallest absolute Gasteiger partial charge is 0.243 e. The van der Waals surface area contributed by atoms with Crippen LogP contribution >= 0.6 is 22.6 Å². The minimum atomic E-state index is -0.821. The number of nitrogens with two attached hydrogens (primary N) is 1. The number of halogens is 1. The zero-order valence-corrected chi connectivity index (χ0v) is 21.5. The molecule has 5 N–H and O–H groups in total. The Morgan fingerprint density at radius 2 is 1.48 bits per heavy atom. The van der Waals surface area contributed by atoms with Crippen molar-refractivity contribution in [2.75, 3.05) is 0 Å². The number of nitrogens with one attached hydrogen (secondary N) is 3. The van der Waals surface area contributed by atoms with Crippen LogP contribution in [0.2, 0.25) is 0 Å². The molecule has 0 heterocycles. The third-order valence-electron chi connectivity index (χ3n) is 5.11. The first-order valence-electron chi connectivity index (χ1n) is 11.1. The third kappa shape index (κ3) is 9.51. The Labute approximate surface area is 209 Å². The van der Waals surface area contributed by atoms with Gasteiger partial charge in [0.25, 0.3) is 0 Å². The van der Waals surface area contributed by atoms with Gasteiger partial charge in [-0.1, -0.05) is 56.3 Å². The highest BCUT2D eigenvalue weighted by atomic mass is 127. The molecule has 2 aromatic rings. The van der Waals surface area contributed by atoms with Crippen molar-refractivity contribution in [2.45, 2.75) is 58.3 Å². The van der Waals surface area contributed by atoms with Crippen LogP contribution in [0.15, 0.2) is 54.6 Å². The van der Waals surface area contributed by atoms with Crippen molar-refractivity contribution in [2.24, 2.45) is 11.7 Å². The second-order valence-electron chi connectivity index (χ2n) is 8.56. The molecule has 0 radical (unpaired) electrons. The average Bonchev–Trinajstić information content (AvgIpc) is 2.78. The lowest BCUT2D eigenvalue weighted by Crippen LogP contribution is -2.55. The fraction of sp³-hybridized carbons (Fsp3) is 0.400. The van der Waals surface area contributed by atoms with Crippen molar-refractivity contribution in [1.29, 1.82) is 0 Å². The first-order valence-corrected chi connectivity index (χ1v) is 12.2. The van der Waals surface area contributed by atoms with Crippen LogP contribution in [0.3, 0.4) is 0 Å². The Morgan fingerprint density at radius 3 is 2.09 bits per heavy atom. The van der Waals surface area contributed by atoms with Gasteiger partial charge >= 0.3 is 0 Å². The maximum absolute atomic E-state index is 13.0. The molecule has 0 aliphatic heterocycles. The summed E-state index contributed by atoms with van der Waals surface area (Å²) in [6.07, 6.45) is 0.858. The van der Waals surface area contributed by atoms with E-state index in [1.807, 2.05) is 68.4 Å². The molecule has 0 aliphatic rings. The van der Waals surface area contributed by atoms with Gasteiger partial charge in [-0.3, -0.25) is 14.4 Å². The summed E-state index contributed by atoms with van der Waals surface area (Å²) < 4.78 is 1.11. The first-order chi connectivity index (χ1) is 15.7. The first kappa shape index (κ1) is 26.8. The third-order valence-corrected chi connectivity index (χ3v) is 5.83. The minimum Gasteiger partial charge on any atom is -0.350 e. The van der Waals surface area contributed by atoms with Crippen LogP contribution in [-0.4, -0.2) is 35.8 Å². The van der Waals surface area contributed by atoms with Gasteiger partial charge in [0.15, 0.2) is 0 Å². The second-order valence-corrected chi connectivity index (χ2v) is 9.81. The number of carbonyl (C=O) groups is 3. The maximum atomic E-state index is 13.0. The molecular weight excluding hydrogens is 531 g/mol. The lowest BCUT2D eigenvalue weighted by Gasteiger charge is -2.22. The van der Waals surface area contributed by atoms with Gasteiger partial charge in [-0.05, 0) is 65.1 Å². The Kier molecular flexibility index (Phi) is 10.8. The molecule has 2 aromatic carbocycles. The quantitative estimate of drug-likeness (QED) is 0.314. The molecule has 0 aliphatic carbocycles. The van der Waals surface area contributed by atoms with E-state index < -0.39 is 24.0 Å². The van der Waals surface area contributed by atoms with Crippen molar-refractivity contribution in [3.63, 3.8) is 0 Å². The molecule has 33 heavy (non-hydrogen) atoms. The van der Waals surface area contributed by atoms with Crippen molar-refractivity contribution in [3.05, 3.63) is 69.3 Å². The van der Waals surface area contributed by atoms with Crippen LogP contribution in [0.4, 0.5) is 0 Å². The molecule has 7 nitrogen and oxygen atoms in total. The van der Waals surface area contributed by atoms with Crippen molar-refractivity contribution in [3.8, 4) is 0 Å². The van der Waals surface area contributed by atoms with Gasteiger partial charge in [0.1, 0.15) is 12.1 Å². The fourth-order valence-electron chi connectivity index (χ4n) is 3.27. The van der Waals surface area contributed by atoms with Gasteiger partial charge in [-0.25, -0.2) is 0 Å². The second kappa shape index (κ2) is 13.3. The molecule has 0 saturated carbocycles. The molecule has 178 valence electrons. The lowest BCUT2D eigenvalue weighted by molar-refractivity contribution is -0.132. The number of rotatable bonds is 11. The molecule has 0 aromatic heterocycles. The molecule has 0 fully saturated rings. The topological polar surface area (TPSA) is 113 Å². The van der Waals surface area contributed by atoms with Crippen LogP contribution < -0.4 is 21.7 Å². The summed E-state index contributed by atoms with van der Waals surface area (Å²) in [5, 5.41) is 8.34. The van der Waals surface area contributed by atoms with Gasteiger partial charge in [-0.15, -0.1) is 0 Å². The number of amides is 3. The summed E-state index contributed by atoms with van der Waals surface area (Å²) in [6, 6.07) is 15.0. The number of hydrogen-bond acceptors (Lipinski definition) is 4. The van der Waals surface area contributed by atoms with E-state index >= 15 is 0 Å². The van der Waals surface area contributed by atoms with Crippen LogP contribution in [0.1, 0.15) is 38.3 Å². The van der Waals surface area contributed by atoms with E-state index in [0.717, 1.165) is 14.7 Å². The predicted octanol–water partition coefficient (Wildman–Crippen LogP) is 2.51. The highest BCUT2D eigenvalue weighted by molar-refractivity contribution is 14.1. The normalized spacial score (nSPS) is 13.6. The van der Waals surface area contributed by atoms with E-state index in [0.29, 0.717) is 19.4 Å². The van der Waals surface area contributed by atoms with E-state index in [9.17, 15) is 14.4 Å². The highest BCUT2D eigenvalue weighted by Gasteiger charge is 2.26. The number of hydrogen-bond donors (Lipinski definition) is 4. The monoisotopic (exact) mass is 564 g/mol. The predicted molar refractivity (Wildman–Crippen MR) is 138 cm³/mol. The maximum Gasteiger partial charge on any atom is 0.243 e. The zero-order chi connectivity index (χ0) is 24.4. The van der Waals surface area contributed by atoms with E-state index in [4.69, 9.17) is 5.73 Å². The number of benzene rings is 2. The Hall–Kier alpha value is -2.46. The van der Waals surface area contributed by atoms with Crippen LogP contribution in [0, 0.1) is 9.49 Å². The summed E-state index contributed by atoms with van der Waals surface area (Å²) >= 11 is 2.23. The molecule has 3 amide bonds. The molecule has 0 bridgehead atoms. The van der Waals surface area contributed by atoms with E-state index in [1.165, 1.54) is 0 Å². The van der Waals surface area contributed by atoms with Crippen molar-refractivity contribution >= 4 is 40.3 Å². The van der Waals surface area contributed by atoms with Gasteiger partial charge in [0, 0.05) is 16.5 Å². The average molecular weight is 564 g/mol. The Bertz CT molecular complexity index is 919. The summed E-state index contributed by atoms with van der Waals surface area (Å²) in [5.74, 6) is -0.845. The van der Waals surface area contributed by atoms with Crippen LogP contribution in [0.25, 0.3) is 0 Å². The van der Waals surface area contributed by atoms with E-state index in [-0.39, 0.29) is 17.7 Å². The SMILES string of the molecule is CC(C)C[C@@H](N)C(=O)N[C@@H](C)C(=O)N[C@@H](Cc1ccccc1)C(=O)NCc1ccc(I)cc1. The standard InChI is InChI=1S/C25H33IN4O3/c1-16(2)13-21(27)24(32)29-17(3)23(31)30-22(14-18-7-5-4-6-8-18)25(33)28-15-19-9-11-20(26)12-10-19/h4-12,16-17,21-22H,13-15,27H2,1-3H3,(H,28,33)(H,29,32)(H,30,31)/t17-,21+,22-/m0/s1. The molecular formula is C25H33IN4O3. The number of carbonyl (C=O) groups excluding carboxylic acids is 3. The van der Waals surface area contributed by atoms with Crippen LogP contribution in [0.5, 0.6) is 0 Å². The fourth-order valence-corrected chi connectivity index (χ4v) is 3.63. The zero-order valence-electron chi connectivity index (χ0n) is 19.3. The van der Waals surface area contributed by atoms with Gasteiger partial charge < -0.3 is 21.7 Å². The minimum absolute atomic E-state index is 0.266. The van der Waals surface area contributed by atoms with Gasteiger partial charge in [-0.2, -0.15) is 0 Å². The molecule has 0 spiro atoms. The van der Waals surface area contributed by atoms with Crippen molar-refractivity contribution in [1.82, 2.24) is 16.0 Å². The molecule has 2 rings (SSSR count). The Morgan fingerprint density at radius 1 is 0.848 bits per heavy atom. The molecule has 0 unspecified atom stereocenters. The Balaban J connectivity index is 2.02. The van der Waals surface area contributed by atoms with Gasteiger partial charge in [0.2, 0.25) is 17.7 Å².